The Kier molecular flexibility index (Phi) is 6.69. The Morgan fingerprint density at radius 1 is 1.11 bits per heavy atom. The molecule has 0 unspecified atom stereocenters. The number of piperazine rings is 1. The Morgan fingerprint density at radius 2 is 1.86 bits per heavy atom. The van der Waals surface area contributed by atoms with E-state index in [0.29, 0.717) is 18.5 Å². The Morgan fingerprint density at radius 3 is 2.57 bits per heavy atom. The van der Waals surface area contributed by atoms with Crippen LogP contribution in [0.1, 0.15) is 12.0 Å². The number of hydrogen-bond donors (Lipinski definition) is 1. The number of carbonyl (C=O) groups excluding carboxylic acids is 1. The van der Waals surface area contributed by atoms with Crippen molar-refractivity contribution in [1.29, 1.82) is 0 Å². The fourth-order valence-electron chi connectivity index (χ4n) is 3.08. The Balaban J connectivity index is 1.38. The zero-order valence-electron chi connectivity index (χ0n) is 15.5. The minimum atomic E-state index is -0.465. The van der Waals surface area contributed by atoms with Gasteiger partial charge in [-0.15, -0.1) is 0 Å². The highest BCUT2D eigenvalue weighted by Gasteiger charge is 2.17. The molecule has 2 aromatic carbocycles. The third kappa shape index (κ3) is 5.62. The van der Waals surface area contributed by atoms with Crippen LogP contribution in [-0.2, 0) is 4.79 Å². The van der Waals surface area contributed by atoms with Gasteiger partial charge in [0, 0.05) is 62.5 Å². The summed E-state index contributed by atoms with van der Waals surface area (Å²) >= 11 is 0. The molecule has 1 saturated heterocycles. The second kappa shape index (κ2) is 9.61. The van der Waals surface area contributed by atoms with Crippen LogP contribution in [0.3, 0.4) is 0 Å². The number of hydrazone groups is 1. The van der Waals surface area contributed by atoms with Crippen molar-refractivity contribution in [2.75, 3.05) is 37.6 Å². The van der Waals surface area contributed by atoms with Crippen LogP contribution in [0.2, 0.25) is 0 Å². The van der Waals surface area contributed by atoms with E-state index in [1.165, 1.54) is 24.0 Å². The van der Waals surface area contributed by atoms with Gasteiger partial charge >= 0.3 is 0 Å². The molecule has 8 nitrogen and oxygen atoms in total. The molecule has 0 aromatic heterocycles. The van der Waals surface area contributed by atoms with Gasteiger partial charge < -0.3 is 4.90 Å². The van der Waals surface area contributed by atoms with Gasteiger partial charge in [-0.05, 0) is 12.1 Å². The first-order valence-electron chi connectivity index (χ1n) is 9.20. The molecule has 1 fully saturated rings. The standard InChI is InChI=1S/C20H23N5O3/c26-20(22-21-16-17-5-4-8-19(15-17)25(27)28)9-10-23-11-13-24(14-12-23)18-6-2-1-3-7-18/h1-8,15-16H,9-14H2,(H,22,26). The number of nitro benzene ring substituents is 1. The van der Waals surface area contributed by atoms with Crippen molar-refractivity contribution in [3.8, 4) is 0 Å². The summed E-state index contributed by atoms with van der Waals surface area (Å²) in [5.74, 6) is -0.174. The number of non-ortho nitro benzene ring substituents is 1. The van der Waals surface area contributed by atoms with Crippen LogP contribution in [0, 0.1) is 10.1 Å². The van der Waals surface area contributed by atoms with Gasteiger partial charge in [0.05, 0.1) is 11.1 Å². The zero-order valence-corrected chi connectivity index (χ0v) is 15.5. The monoisotopic (exact) mass is 381 g/mol. The maximum absolute atomic E-state index is 12.0. The number of nitrogens with one attached hydrogen (secondary N) is 1. The molecular weight excluding hydrogens is 358 g/mol. The molecule has 0 aliphatic carbocycles. The highest BCUT2D eigenvalue weighted by atomic mass is 16.6. The first kappa shape index (κ1) is 19.5. The van der Waals surface area contributed by atoms with Crippen LogP contribution in [-0.4, -0.2) is 54.7 Å². The highest BCUT2D eigenvalue weighted by Crippen LogP contribution is 2.15. The average Bonchev–Trinajstić information content (AvgIpc) is 2.73. The van der Waals surface area contributed by atoms with Gasteiger partial charge in [0.25, 0.3) is 5.69 Å². The number of hydrogen-bond acceptors (Lipinski definition) is 6. The quantitative estimate of drug-likeness (QED) is 0.451. The first-order valence-corrected chi connectivity index (χ1v) is 9.20. The Hall–Kier alpha value is -3.26. The highest BCUT2D eigenvalue weighted by molar-refractivity contribution is 5.83. The fraction of sp³-hybridized carbons (Fsp3) is 0.300. The molecule has 8 heteroatoms. The minimum absolute atomic E-state index is 0.00933. The van der Waals surface area contributed by atoms with Crippen LogP contribution >= 0.6 is 0 Å². The fourth-order valence-corrected chi connectivity index (χ4v) is 3.08. The largest absolute Gasteiger partial charge is 0.369 e. The van der Waals surface area contributed by atoms with Gasteiger partial charge in [0.1, 0.15) is 0 Å². The maximum Gasteiger partial charge on any atom is 0.270 e. The maximum atomic E-state index is 12.0. The molecule has 28 heavy (non-hydrogen) atoms. The number of para-hydroxylation sites is 1. The molecule has 146 valence electrons. The van der Waals surface area contributed by atoms with Crippen molar-refractivity contribution in [2.24, 2.45) is 5.10 Å². The smallest absolute Gasteiger partial charge is 0.270 e. The van der Waals surface area contributed by atoms with Gasteiger partial charge in [0.2, 0.25) is 5.91 Å². The van der Waals surface area contributed by atoms with Crippen LogP contribution in [0.25, 0.3) is 0 Å². The third-order valence-electron chi connectivity index (χ3n) is 4.63. The lowest BCUT2D eigenvalue weighted by molar-refractivity contribution is -0.384. The normalized spacial score (nSPS) is 14.9. The van der Waals surface area contributed by atoms with Crippen LogP contribution in [0.15, 0.2) is 59.7 Å². The molecule has 0 atom stereocenters. The molecule has 0 saturated carbocycles. The van der Waals surface area contributed by atoms with E-state index in [4.69, 9.17) is 0 Å². The SMILES string of the molecule is O=C(CCN1CCN(c2ccccc2)CC1)NN=Cc1cccc([N+](=O)[O-])c1. The summed E-state index contributed by atoms with van der Waals surface area (Å²) in [6, 6.07) is 16.4. The van der Waals surface area contributed by atoms with Gasteiger partial charge in [-0.25, -0.2) is 5.43 Å². The lowest BCUT2D eigenvalue weighted by Crippen LogP contribution is -2.47. The lowest BCUT2D eigenvalue weighted by atomic mass is 10.2. The molecule has 1 aliphatic heterocycles. The van der Waals surface area contributed by atoms with Crippen molar-refractivity contribution in [1.82, 2.24) is 10.3 Å². The summed E-state index contributed by atoms with van der Waals surface area (Å²) in [6.07, 6.45) is 1.77. The molecule has 2 aromatic rings. The predicted molar refractivity (Wildman–Crippen MR) is 109 cm³/mol. The summed E-state index contributed by atoms with van der Waals surface area (Å²) in [5, 5.41) is 14.6. The lowest BCUT2D eigenvalue weighted by Gasteiger charge is -2.36. The average molecular weight is 381 g/mol. The second-order valence-corrected chi connectivity index (χ2v) is 6.56. The summed E-state index contributed by atoms with van der Waals surface area (Å²) in [5.41, 5.74) is 4.26. The summed E-state index contributed by atoms with van der Waals surface area (Å²) in [7, 11) is 0. The van der Waals surface area contributed by atoms with E-state index in [9.17, 15) is 14.9 Å². The topological polar surface area (TPSA) is 91.1 Å². The number of anilines is 1. The predicted octanol–water partition coefficient (Wildman–Crippen LogP) is 2.26. The molecule has 1 heterocycles. The Bertz CT molecular complexity index is 833. The zero-order chi connectivity index (χ0) is 19.8. The van der Waals surface area contributed by atoms with E-state index in [0.717, 1.165) is 26.2 Å². The number of amides is 1. The molecule has 1 amide bonds. The van der Waals surface area contributed by atoms with Crippen molar-refractivity contribution < 1.29 is 9.72 Å². The summed E-state index contributed by atoms with van der Waals surface area (Å²) < 4.78 is 0. The van der Waals surface area contributed by atoms with Gasteiger partial charge in [-0.3, -0.25) is 19.8 Å². The van der Waals surface area contributed by atoms with Crippen LogP contribution in [0.4, 0.5) is 11.4 Å². The van der Waals surface area contributed by atoms with Crippen molar-refractivity contribution in [3.05, 3.63) is 70.3 Å². The number of benzene rings is 2. The van der Waals surface area contributed by atoms with E-state index in [1.54, 1.807) is 12.1 Å². The molecule has 1 aliphatic rings. The minimum Gasteiger partial charge on any atom is -0.369 e. The number of carbonyl (C=O) groups is 1. The molecule has 1 N–H and O–H groups in total. The van der Waals surface area contributed by atoms with Gasteiger partial charge in [0.15, 0.2) is 0 Å². The summed E-state index contributed by atoms with van der Waals surface area (Å²) in [6.45, 7) is 4.40. The van der Waals surface area contributed by atoms with E-state index < -0.39 is 4.92 Å². The molecule has 0 radical (unpaired) electrons. The molecule has 0 bridgehead atoms. The Labute approximate surface area is 163 Å². The van der Waals surface area contributed by atoms with Crippen LogP contribution in [0.5, 0.6) is 0 Å². The molecule has 0 spiro atoms. The van der Waals surface area contributed by atoms with E-state index in [1.807, 2.05) is 18.2 Å². The van der Waals surface area contributed by atoms with Crippen molar-refractivity contribution >= 4 is 23.5 Å². The molecular formula is C20H23N5O3. The van der Waals surface area contributed by atoms with Crippen molar-refractivity contribution in [2.45, 2.75) is 6.42 Å². The second-order valence-electron chi connectivity index (χ2n) is 6.56. The van der Waals surface area contributed by atoms with Crippen LogP contribution < -0.4 is 10.3 Å². The third-order valence-corrected chi connectivity index (χ3v) is 4.63. The number of nitrogens with zero attached hydrogens (tertiary/aromatic N) is 4. The van der Waals surface area contributed by atoms with Crippen molar-refractivity contribution in [3.63, 3.8) is 0 Å². The number of nitro groups is 1. The molecule has 3 rings (SSSR count). The number of rotatable bonds is 7. The van der Waals surface area contributed by atoms with Gasteiger partial charge in [-0.1, -0.05) is 30.3 Å². The van der Waals surface area contributed by atoms with E-state index in [2.05, 4.69) is 32.5 Å². The van der Waals surface area contributed by atoms with Gasteiger partial charge in [-0.2, -0.15) is 5.10 Å². The summed E-state index contributed by atoms with van der Waals surface area (Å²) in [4.78, 5) is 26.9. The van der Waals surface area contributed by atoms with E-state index in [-0.39, 0.29) is 11.6 Å². The first-order chi connectivity index (χ1) is 13.6. The van der Waals surface area contributed by atoms with E-state index >= 15 is 0 Å².